The summed E-state index contributed by atoms with van der Waals surface area (Å²) < 4.78 is 0. The molecule has 2 heteroatoms. The van der Waals surface area contributed by atoms with Crippen molar-refractivity contribution < 1.29 is 0 Å². The van der Waals surface area contributed by atoms with Crippen LogP contribution < -0.4 is 4.90 Å². The molecule has 1 saturated heterocycles. The molecule has 0 aliphatic carbocycles. The smallest absolute Gasteiger partial charge is 0.131 e. The second kappa shape index (κ2) is 5.33. The van der Waals surface area contributed by atoms with Gasteiger partial charge in [-0.25, -0.2) is 4.98 Å². The lowest BCUT2D eigenvalue weighted by molar-refractivity contribution is 0.659. The highest BCUT2D eigenvalue weighted by atomic mass is 15.2. The van der Waals surface area contributed by atoms with Crippen molar-refractivity contribution in [2.24, 2.45) is 0 Å². The normalized spacial score (nSPS) is 17.8. The third-order valence-electron chi connectivity index (χ3n) is 3.48. The molecule has 1 aliphatic rings. The van der Waals surface area contributed by atoms with Gasteiger partial charge in [-0.1, -0.05) is 26.3 Å². The maximum absolute atomic E-state index is 4.59. The van der Waals surface area contributed by atoms with E-state index in [9.17, 15) is 0 Å². The van der Waals surface area contributed by atoms with E-state index in [1.165, 1.54) is 50.2 Å². The highest BCUT2D eigenvalue weighted by Gasteiger charge is 2.19. The molecule has 0 radical (unpaired) electrons. The minimum absolute atomic E-state index is 0.634. The molecule has 1 aliphatic heterocycles. The van der Waals surface area contributed by atoms with E-state index in [4.69, 9.17) is 0 Å². The van der Waals surface area contributed by atoms with Gasteiger partial charge in [0.2, 0.25) is 0 Å². The zero-order valence-corrected chi connectivity index (χ0v) is 10.4. The van der Waals surface area contributed by atoms with E-state index in [0.717, 1.165) is 0 Å². The number of aromatic nitrogens is 1. The SMILES string of the molecule is CCCC(C)c1cccnc1N1CCCC1. The summed E-state index contributed by atoms with van der Waals surface area (Å²) in [6.45, 7) is 6.94. The quantitative estimate of drug-likeness (QED) is 0.768. The first-order chi connectivity index (χ1) is 7.83. The molecule has 0 amide bonds. The molecule has 2 nitrogen and oxygen atoms in total. The van der Waals surface area contributed by atoms with Crippen LogP contribution in [0.3, 0.4) is 0 Å². The fraction of sp³-hybridized carbons (Fsp3) is 0.643. The van der Waals surface area contributed by atoms with Gasteiger partial charge in [-0.05, 0) is 36.8 Å². The summed E-state index contributed by atoms with van der Waals surface area (Å²) in [7, 11) is 0. The Morgan fingerprint density at radius 2 is 2.12 bits per heavy atom. The molecule has 1 atom stereocenters. The molecule has 1 unspecified atom stereocenters. The third kappa shape index (κ3) is 2.37. The van der Waals surface area contributed by atoms with E-state index >= 15 is 0 Å². The third-order valence-corrected chi connectivity index (χ3v) is 3.48. The number of hydrogen-bond acceptors (Lipinski definition) is 2. The van der Waals surface area contributed by atoms with Crippen LogP contribution in [0.4, 0.5) is 5.82 Å². The molecular formula is C14H22N2. The zero-order valence-electron chi connectivity index (χ0n) is 10.4. The zero-order chi connectivity index (χ0) is 11.4. The van der Waals surface area contributed by atoms with Crippen molar-refractivity contribution in [3.05, 3.63) is 23.9 Å². The van der Waals surface area contributed by atoms with Crippen LogP contribution in [0, 0.1) is 0 Å². The average molecular weight is 218 g/mol. The summed E-state index contributed by atoms with van der Waals surface area (Å²) in [4.78, 5) is 7.04. The number of anilines is 1. The molecule has 0 aromatic carbocycles. The van der Waals surface area contributed by atoms with Crippen molar-refractivity contribution >= 4 is 5.82 Å². The van der Waals surface area contributed by atoms with Gasteiger partial charge in [-0.2, -0.15) is 0 Å². The largest absolute Gasteiger partial charge is 0.356 e. The Labute approximate surface area is 98.7 Å². The summed E-state index contributed by atoms with van der Waals surface area (Å²) >= 11 is 0. The summed E-state index contributed by atoms with van der Waals surface area (Å²) in [6, 6.07) is 4.32. The average Bonchev–Trinajstić information content (AvgIpc) is 2.83. The Morgan fingerprint density at radius 1 is 1.38 bits per heavy atom. The Hall–Kier alpha value is -1.05. The second-order valence-corrected chi connectivity index (χ2v) is 4.80. The molecule has 16 heavy (non-hydrogen) atoms. The van der Waals surface area contributed by atoms with Crippen LogP contribution in [-0.2, 0) is 0 Å². The van der Waals surface area contributed by atoms with Crippen molar-refractivity contribution in [3.63, 3.8) is 0 Å². The van der Waals surface area contributed by atoms with E-state index in [0.29, 0.717) is 5.92 Å². The van der Waals surface area contributed by atoms with Gasteiger partial charge in [0.1, 0.15) is 5.82 Å². The van der Waals surface area contributed by atoms with Gasteiger partial charge in [0.05, 0.1) is 0 Å². The van der Waals surface area contributed by atoms with Gasteiger partial charge in [0.25, 0.3) is 0 Å². The monoisotopic (exact) mass is 218 g/mol. The highest BCUT2D eigenvalue weighted by Crippen LogP contribution is 2.30. The van der Waals surface area contributed by atoms with Crippen LogP contribution in [0.5, 0.6) is 0 Å². The van der Waals surface area contributed by atoms with E-state index < -0.39 is 0 Å². The molecule has 1 aromatic heterocycles. The van der Waals surface area contributed by atoms with E-state index in [-0.39, 0.29) is 0 Å². The van der Waals surface area contributed by atoms with Crippen LogP contribution in [0.15, 0.2) is 18.3 Å². The summed E-state index contributed by atoms with van der Waals surface area (Å²) in [5.74, 6) is 1.87. The topological polar surface area (TPSA) is 16.1 Å². The van der Waals surface area contributed by atoms with Crippen molar-refractivity contribution in [2.45, 2.75) is 45.4 Å². The van der Waals surface area contributed by atoms with Crippen LogP contribution in [0.2, 0.25) is 0 Å². The fourth-order valence-corrected chi connectivity index (χ4v) is 2.58. The fourth-order valence-electron chi connectivity index (χ4n) is 2.58. The number of nitrogens with zero attached hydrogens (tertiary/aromatic N) is 2. The van der Waals surface area contributed by atoms with E-state index in [1.54, 1.807) is 0 Å². The first kappa shape index (κ1) is 11.4. The summed E-state index contributed by atoms with van der Waals surface area (Å²) in [6.07, 6.45) is 7.06. The predicted octanol–water partition coefficient (Wildman–Crippen LogP) is 3.59. The Balaban J connectivity index is 2.22. The maximum Gasteiger partial charge on any atom is 0.131 e. The Kier molecular flexibility index (Phi) is 3.81. The van der Waals surface area contributed by atoms with Crippen molar-refractivity contribution in [3.8, 4) is 0 Å². The van der Waals surface area contributed by atoms with Gasteiger partial charge in [-0.15, -0.1) is 0 Å². The minimum atomic E-state index is 0.634. The van der Waals surface area contributed by atoms with Crippen molar-refractivity contribution in [2.75, 3.05) is 18.0 Å². The van der Waals surface area contributed by atoms with Crippen LogP contribution in [0.1, 0.15) is 51.0 Å². The number of rotatable bonds is 4. The second-order valence-electron chi connectivity index (χ2n) is 4.80. The predicted molar refractivity (Wildman–Crippen MR) is 69.0 cm³/mol. The molecular weight excluding hydrogens is 196 g/mol. The number of hydrogen-bond donors (Lipinski definition) is 0. The van der Waals surface area contributed by atoms with Gasteiger partial charge < -0.3 is 4.90 Å². The molecule has 1 fully saturated rings. The van der Waals surface area contributed by atoms with Crippen LogP contribution in [0.25, 0.3) is 0 Å². The Bertz CT molecular complexity index is 329. The molecule has 88 valence electrons. The van der Waals surface area contributed by atoms with E-state index in [2.05, 4.69) is 35.9 Å². The van der Waals surface area contributed by atoms with Gasteiger partial charge in [0.15, 0.2) is 0 Å². The van der Waals surface area contributed by atoms with Crippen LogP contribution >= 0.6 is 0 Å². The molecule has 1 aromatic rings. The first-order valence-electron chi connectivity index (χ1n) is 6.52. The summed E-state index contributed by atoms with van der Waals surface area (Å²) in [5.41, 5.74) is 1.44. The minimum Gasteiger partial charge on any atom is -0.356 e. The molecule has 0 spiro atoms. The number of pyridine rings is 1. The first-order valence-corrected chi connectivity index (χ1v) is 6.52. The van der Waals surface area contributed by atoms with Gasteiger partial charge in [0, 0.05) is 19.3 Å². The Morgan fingerprint density at radius 3 is 2.81 bits per heavy atom. The molecule has 0 saturated carbocycles. The highest BCUT2D eigenvalue weighted by molar-refractivity contribution is 5.49. The van der Waals surface area contributed by atoms with Gasteiger partial charge in [-0.3, -0.25) is 0 Å². The van der Waals surface area contributed by atoms with E-state index in [1.807, 2.05) is 6.20 Å². The molecule has 2 rings (SSSR count). The summed E-state index contributed by atoms with van der Waals surface area (Å²) in [5, 5.41) is 0. The van der Waals surface area contributed by atoms with Crippen LogP contribution in [-0.4, -0.2) is 18.1 Å². The lowest BCUT2D eigenvalue weighted by Crippen LogP contribution is -2.21. The van der Waals surface area contributed by atoms with Crippen molar-refractivity contribution in [1.29, 1.82) is 0 Å². The van der Waals surface area contributed by atoms with Gasteiger partial charge >= 0.3 is 0 Å². The molecule has 0 bridgehead atoms. The lowest BCUT2D eigenvalue weighted by Gasteiger charge is -2.22. The standard InChI is InChI=1S/C14H22N2/c1-3-7-12(2)13-8-6-9-15-14(13)16-10-4-5-11-16/h6,8-9,12H,3-5,7,10-11H2,1-2H3. The molecule has 2 heterocycles. The maximum atomic E-state index is 4.59. The van der Waals surface area contributed by atoms with Crippen molar-refractivity contribution in [1.82, 2.24) is 4.98 Å². The lowest BCUT2D eigenvalue weighted by atomic mass is 9.97. The molecule has 0 N–H and O–H groups in total.